The summed E-state index contributed by atoms with van der Waals surface area (Å²) in [5.41, 5.74) is 0. The average Bonchev–Trinajstić information content (AvgIpc) is 2.08. The van der Waals surface area contributed by atoms with Crippen LogP contribution >= 0.6 is 0 Å². The number of nitrogens with zero attached hydrogens (tertiary/aromatic N) is 1. The van der Waals surface area contributed by atoms with Crippen LogP contribution in [0.5, 0.6) is 0 Å². The first-order valence-corrected chi connectivity index (χ1v) is 4.12. The second kappa shape index (κ2) is 5.46. The number of aliphatic imine (C=N–C) groups is 1. The summed E-state index contributed by atoms with van der Waals surface area (Å²) in [6.45, 7) is 5.84. The van der Waals surface area contributed by atoms with E-state index in [9.17, 15) is 9.59 Å². The van der Waals surface area contributed by atoms with E-state index < -0.39 is 5.91 Å². The van der Waals surface area contributed by atoms with Crippen molar-refractivity contribution in [3.63, 3.8) is 0 Å². The summed E-state index contributed by atoms with van der Waals surface area (Å²) >= 11 is 0. The van der Waals surface area contributed by atoms with Crippen LogP contribution < -0.4 is 5.32 Å². The third-order valence-corrected chi connectivity index (χ3v) is 1.31. The zero-order chi connectivity index (χ0) is 9.56. The minimum atomic E-state index is -0.422. The maximum atomic E-state index is 10.8. The van der Waals surface area contributed by atoms with Crippen LogP contribution in [0.25, 0.3) is 0 Å². The Morgan fingerprint density at radius 3 is 2.50 bits per heavy atom. The van der Waals surface area contributed by atoms with Crippen molar-refractivity contribution in [2.75, 3.05) is 0 Å². The van der Waals surface area contributed by atoms with Crippen LogP contribution in [-0.4, -0.2) is 24.1 Å². The number of amides is 2. The highest BCUT2D eigenvalue weighted by atomic mass is 16.2. The molecule has 1 aliphatic heterocycles. The molecule has 0 aromatic carbocycles. The van der Waals surface area contributed by atoms with Crippen LogP contribution in [0.4, 0.5) is 0 Å². The number of carbonyl (C=O) groups is 2. The van der Waals surface area contributed by atoms with E-state index in [0.29, 0.717) is 6.42 Å². The van der Waals surface area contributed by atoms with Gasteiger partial charge in [-0.05, 0) is 6.42 Å². The number of rotatable bonds is 1. The summed E-state index contributed by atoms with van der Waals surface area (Å²) in [5, 5.41) is 2.15. The fraction of sp³-hybridized carbons (Fsp3) is 0.625. The number of imide groups is 1. The molecule has 0 aliphatic carbocycles. The van der Waals surface area contributed by atoms with E-state index in [0.717, 1.165) is 6.21 Å². The Labute approximate surface area is 72.1 Å². The van der Waals surface area contributed by atoms with Crippen molar-refractivity contribution >= 4 is 18.0 Å². The molecule has 1 unspecified atom stereocenters. The van der Waals surface area contributed by atoms with Crippen molar-refractivity contribution in [2.24, 2.45) is 4.99 Å². The fourth-order valence-electron chi connectivity index (χ4n) is 0.753. The third-order valence-electron chi connectivity index (χ3n) is 1.31. The SMILES string of the molecule is CC.CCC1N=CC(=O)NC1=O. The highest BCUT2D eigenvalue weighted by molar-refractivity contribution is 6.32. The summed E-state index contributed by atoms with van der Waals surface area (Å²) in [6.07, 6.45) is 1.78. The van der Waals surface area contributed by atoms with E-state index in [2.05, 4.69) is 10.3 Å². The molecule has 68 valence electrons. The van der Waals surface area contributed by atoms with Crippen LogP contribution in [0.3, 0.4) is 0 Å². The molecule has 4 heteroatoms. The van der Waals surface area contributed by atoms with Gasteiger partial charge in [-0.15, -0.1) is 0 Å². The second-order valence-electron chi connectivity index (χ2n) is 2.06. The zero-order valence-corrected chi connectivity index (χ0v) is 7.63. The molecule has 0 saturated heterocycles. The van der Waals surface area contributed by atoms with E-state index in [1.165, 1.54) is 0 Å². The zero-order valence-electron chi connectivity index (χ0n) is 7.63. The van der Waals surface area contributed by atoms with Gasteiger partial charge in [0.05, 0.1) is 6.21 Å². The van der Waals surface area contributed by atoms with Gasteiger partial charge in [-0.3, -0.25) is 19.9 Å². The average molecular weight is 170 g/mol. The van der Waals surface area contributed by atoms with Crippen molar-refractivity contribution in [2.45, 2.75) is 33.2 Å². The van der Waals surface area contributed by atoms with Gasteiger partial charge >= 0.3 is 0 Å². The first kappa shape index (κ1) is 10.8. The van der Waals surface area contributed by atoms with E-state index in [-0.39, 0.29) is 11.9 Å². The van der Waals surface area contributed by atoms with Crippen molar-refractivity contribution < 1.29 is 9.59 Å². The summed E-state index contributed by atoms with van der Waals surface area (Å²) in [5.74, 6) is -0.718. The first-order chi connectivity index (χ1) is 5.74. The third kappa shape index (κ3) is 2.82. The monoisotopic (exact) mass is 170 g/mol. The Kier molecular flexibility index (Phi) is 4.92. The molecule has 1 atom stereocenters. The van der Waals surface area contributed by atoms with Gasteiger partial charge in [0.15, 0.2) is 0 Å². The molecule has 0 bridgehead atoms. The van der Waals surface area contributed by atoms with Crippen molar-refractivity contribution in [3.8, 4) is 0 Å². The van der Waals surface area contributed by atoms with Gasteiger partial charge in [0.25, 0.3) is 11.8 Å². The summed E-state index contributed by atoms with van der Waals surface area (Å²) in [6, 6.07) is -0.363. The van der Waals surface area contributed by atoms with Gasteiger partial charge in [-0.2, -0.15) is 0 Å². The maximum Gasteiger partial charge on any atom is 0.268 e. The molecule has 0 saturated carbocycles. The van der Waals surface area contributed by atoms with Gasteiger partial charge < -0.3 is 0 Å². The van der Waals surface area contributed by atoms with Crippen molar-refractivity contribution in [1.82, 2.24) is 5.32 Å². The molecule has 0 aromatic heterocycles. The van der Waals surface area contributed by atoms with Crippen LogP contribution in [0.15, 0.2) is 4.99 Å². The molecule has 0 spiro atoms. The Balaban J connectivity index is 0.000000561. The minimum Gasteiger partial charge on any atom is -0.290 e. The molecular weight excluding hydrogens is 156 g/mol. The fourth-order valence-corrected chi connectivity index (χ4v) is 0.753. The normalized spacial score (nSPS) is 21.1. The predicted molar refractivity (Wildman–Crippen MR) is 47.1 cm³/mol. The van der Waals surface area contributed by atoms with E-state index >= 15 is 0 Å². The van der Waals surface area contributed by atoms with Gasteiger partial charge in [0, 0.05) is 0 Å². The second-order valence-corrected chi connectivity index (χ2v) is 2.06. The van der Waals surface area contributed by atoms with Crippen LogP contribution in [0.1, 0.15) is 27.2 Å². The van der Waals surface area contributed by atoms with E-state index in [4.69, 9.17) is 0 Å². The lowest BCUT2D eigenvalue weighted by Crippen LogP contribution is -2.42. The molecule has 1 aliphatic rings. The van der Waals surface area contributed by atoms with E-state index in [1.54, 1.807) is 0 Å². The largest absolute Gasteiger partial charge is 0.290 e. The lowest BCUT2D eigenvalue weighted by molar-refractivity contribution is -0.128. The lowest BCUT2D eigenvalue weighted by atomic mass is 10.2. The Morgan fingerprint density at radius 1 is 1.50 bits per heavy atom. The minimum absolute atomic E-state index is 0.296. The number of carbonyl (C=O) groups excluding carboxylic acids is 2. The topological polar surface area (TPSA) is 58.5 Å². The van der Waals surface area contributed by atoms with Gasteiger partial charge in [-0.25, -0.2) is 0 Å². The van der Waals surface area contributed by atoms with Gasteiger partial charge in [0.2, 0.25) is 0 Å². The van der Waals surface area contributed by atoms with Crippen LogP contribution in [0.2, 0.25) is 0 Å². The van der Waals surface area contributed by atoms with Crippen molar-refractivity contribution in [3.05, 3.63) is 0 Å². The summed E-state index contributed by atoms with van der Waals surface area (Å²) in [4.78, 5) is 25.0. The number of hydrogen-bond donors (Lipinski definition) is 1. The molecule has 1 heterocycles. The van der Waals surface area contributed by atoms with Crippen LogP contribution in [0, 0.1) is 0 Å². The quantitative estimate of drug-likeness (QED) is 0.583. The maximum absolute atomic E-state index is 10.8. The molecule has 1 rings (SSSR count). The molecule has 0 aromatic rings. The van der Waals surface area contributed by atoms with Crippen LogP contribution in [-0.2, 0) is 9.59 Å². The highest BCUT2D eigenvalue weighted by Gasteiger charge is 2.20. The molecule has 12 heavy (non-hydrogen) atoms. The number of hydrogen-bond acceptors (Lipinski definition) is 3. The Hall–Kier alpha value is -1.19. The summed E-state index contributed by atoms with van der Waals surface area (Å²) < 4.78 is 0. The van der Waals surface area contributed by atoms with Gasteiger partial charge in [-0.1, -0.05) is 20.8 Å². The molecule has 4 nitrogen and oxygen atoms in total. The Bertz CT molecular complexity index is 199. The van der Waals surface area contributed by atoms with E-state index in [1.807, 2.05) is 20.8 Å². The predicted octanol–water partition coefficient (Wildman–Crippen LogP) is 0.518. The standard InChI is InChI=1S/C6H8N2O2.C2H6/c1-2-4-6(10)8-5(9)3-7-4;1-2/h3-4H,2H2,1H3,(H,8,9,10);1-2H3. The number of nitrogens with one attached hydrogen (secondary N) is 1. The molecule has 0 radical (unpaired) electrons. The lowest BCUT2D eigenvalue weighted by Gasteiger charge is -2.11. The Morgan fingerprint density at radius 2 is 2.08 bits per heavy atom. The summed E-state index contributed by atoms with van der Waals surface area (Å²) in [7, 11) is 0. The molecular formula is C8H14N2O2. The molecule has 0 fully saturated rings. The smallest absolute Gasteiger partial charge is 0.268 e. The van der Waals surface area contributed by atoms with Crippen molar-refractivity contribution in [1.29, 1.82) is 0 Å². The molecule has 1 N–H and O–H groups in total. The molecule has 2 amide bonds. The highest BCUT2D eigenvalue weighted by Crippen LogP contribution is 1.98. The van der Waals surface area contributed by atoms with Gasteiger partial charge in [0.1, 0.15) is 6.04 Å². The first-order valence-electron chi connectivity index (χ1n) is 4.12.